The topological polar surface area (TPSA) is 84.5 Å². The zero-order valence-corrected chi connectivity index (χ0v) is 14.2. The zero-order valence-electron chi connectivity index (χ0n) is 14.2. The van der Waals surface area contributed by atoms with Crippen molar-refractivity contribution < 1.29 is 19.1 Å². The van der Waals surface area contributed by atoms with Crippen molar-refractivity contribution in [3.8, 4) is 0 Å². The average Bonchev–Trinajstić information content (AvgIpc) is 2.60. The SMILES string of the molecule is CCOC(=O)c1ccc(NC(=O)CNC(=O)c2cccc(C)c2)cc1. The van der Waals surface area contributed by atoms with Gasteiger partial charge in [-0.2, -0.15) is 0 Å². The lowest BCUT2D eigenvalue weighted by atomic mass is 10.1. The molecule has 2 aromatic rings. The van der Waals surface area contributed by atoms with E-state index in [2.05, 4.69) is 10.6 Å². The number of ether oxygens (including phenoxy) is 1. The van der Waals surface area contributed by atoms with Crippen LogP contribution in [0.5, 0.6) is 0 Å². The highest BCUT2D eigenvalue weighted by atomic mass is 16.5. The highest BCUT2D eigenvalue weighted by molar-refractivity contribution is 5.99. The molecule has 25 heavy (non-hydrogen) atoms. The van der Waals surface area contributed by atoms with Gasteiger partial charge in [0.1, 0.15) is 0 Å². The number of benzene rings is 2. The van der Waals surface area contributed by atoms with Crippen molar-refractivity contribution in [3.63, 3.8) is 0 Å². The minimum atomic E-state index is -0.411. The Morgan fingerprint density at radius 3 is 2.36 bits per heavy atom. The second-order valence-corrected chi connectivity index (χ2v) is 5.40. The predicted molar refractivity (Wildman–Crippen MR) is 94.5 cm³/mol. The van der Waals surface area contributed by atoms with Crippen LogP contribution in [-0.2, 0) is 9.53 Å². The Labute approximate surface area is 146 Å². The first-order chi connectivity index (χ1) is 12.0. The van der Waals surface area contributed by atoms with Crippen LogP contribution < -0.4 is 10.6 Å². The van der Waals surface area contributed by atoms with E-state index in [1.807, 2.05) is 13.0 Å². The summed E-state index contributed by atoms with van der Waals surface area (Å²) in [6, 6.07) is 13.5. The van der Waals surface area contributed by atoms with Crippen LogP contribution in [0.25, 0.3) is 0 Å². The first kappa shape index (κ1) is 18.2. The summed E-state index contributed by atoms with van der Waals surface area (Å²) in [5, 5.41) is 5.22. The normalized spacial score (nSPS) is 10.0. The number of carbonyl (C=O) groups is 3. The van der Waals surface area contributed by atoms with E-state index in [1.54, 1.807) is 49.4 Å². The average molecular weight is 340 g/mol. The number of esters is 1. The molecular formula is C19H20N2O4. The molecule has 0 saturated heterocycles. The van der Waals surface area contributed by atoms with Crippen LogP contribution in [0.15, 0.2) is 48.5 Å². The smallest absolute Gasteiger partial charge is 0.338 e. The van der Waals surface area contributed by atoms with Crippen molar-refractivity contribution in [1.29, 1.82) is 0 Å². The molecule has 6 heteroatoms. The Kier molecular flexibility index (Phi) is 6.28. The van der Waals surface area contributed by atoms with Crippen molar-refractivity contribution in [2.75, 3.05) is 18.5 Å². The molecule has 2 rings (SSSR count). The second kappa shape index (κ2) is 8.63. The summed E-state index contributed by atoms with van der Waals surface area (Å²) in [7, 11) is 0. The molecule has 0 radical (unpaired) electrons. The van der Waals surface area contributed by atoms with Crippen LogP contribution in [0.4, 0.5) is 5.69 Å². The third-order valence-electron chi connectivity index (χ3n) is 3.37. The number of rotatable bonds is 6. The molecule has 2 amide bonds. The quantitative estimate of drug-likeness (QED) is 0.792. The summed E-state index contributed by atoms with van der Waals surface area (Å²) < 4.78 is 4.89. The lowest BCUT2D eigenvalue weighted by molar-refractivity contribution is -0.115. The molecule has 0 atom stereocenters. The number of nitrogens with one attached hydrogen (secondary N) is 2. The van der Waals surface area contributed by atoms with E-state index in [9.17, 15) is 14.4 Å². The van der Waals surface area contributed by atoms with Crippen molar-refractivity contribution >= 4 is 23.5 Å². The fourth-order valence-electron chi connectivity index (χ4n) is 2.16. The minimum Gasteiger partial charge on any atom is -0.462 e. The van der Waals surface area contributed by atoms with E-state index in [1.165, 1.54) is 0 Å². The van der Waals surface area contributed by atoms with Crippen LogP contribution in [-0.4, -0.2) is 30.9 Å². The minimum absolute atomic E-state index is 0.146. The summed E-state index contributed by atoms with van der Waals surface area (Å²) in [5.41, 5.74) is 2.42. The molecule has 0 aliphatic carbocycles. The van der Waals surface area contributed by atoms with Crippen molar-refractivity contribution in [2.24, 2.45) is 0 Å². The van der Waals surface area contributed by atoms with Gasteiger partial charge in [-0.3, -0.25) is 9.59 Å². The van der Waals surface area contributed by atoms with Crippen LogP contribution in [0.1, 0.15) is 33.2 Å². The van der Waals surface area contributed by atoms with Gasteiger partial charge in [-0.15, -0.1) is 0 Å². The highest BCUT2D eigenvalue weighted by Crippen LogP contribution is 2.10. The summed E-state index contributed by atoms with van der Waals surface area (Å²) in [5.74, 6) is -1.08. The van der Waals surface area contributed by atoms with Gasteiger partial charge in [0.05, 0.1) is 18.7 Å². The van der Waals surface area contributed by atoms with Gasteiger partial charge in [0.15, 0.2) is 0 Å². The van der Waals surface area contributed by atoms with Gasteiger partial charge in [-0.1, -0.05) is 17.7 Å². The number of aryl methyl sites for hydroxylation is 1. The summed E-state index contributed by atoms with van der Waals surface area (Å²) in [6.45, 7) is 3.78. The van der Waals surface area contributed by atoms with Crippen LogP contribution in [0, 0.1) is 6.92 Å². The highest BCUT2D eigenvalue weighted by Gasteiger charge is 2.09. The van der Waals surface area contributed by atoms with Gasteiger partial charge in [-0.25, -0.2) is 4.79 Å². The van der Waals surface area contributed by atoms with Crippen molar-refractivity contribution in [3.05, 3.63) is 65.2 Å². The summed E-state index contributed by atoms with van der Waals surface area (Å²) >= 11 is 0. The molecule has 0 aromatic heterocycles. The Balaban J connectivity index is 1.86. The number of hydrogen-bond acceptors (Lipinski definition) is 4. The first-order valence-corrected chi connectivity index (χ1v) is 7.91. The van der Waals surface area contributed by atoms with E-state index in [0.717, 1.165) is 5.56 Å². The maximum atomic E-state index is 12.0. The molecule has 0 bridgehead atoms. The standard InChI is InChI=1S/C19H20N2O4/c1-3-25-19(24)14-7-9-16(10-8-14)21-17(22)12-20-18(23)15-6-4-5-13(2)11-15/h4-11H,3,12H2,1-2H3,(H,20,23)(H,21,22). The molecular weight excluding hydrogens is 320 g/mol. The van der Waals surface area contributed by atoms with E-state index in [4.69, 9.17) is 4.74 Å². The van der Waals surface area contributed by atoms with Crippen LogP contribution in [0.3, 0.4) is 0 Å². The molecule has 130 valence electrons. The zero-order chi connectivity index (χ0) is 18.2. The third-order valence-corrected chi connectivity index (χ3v) is 3.37. The van der Waals surface area contributed by atoms with Crippen molar-refractivity contribution in [2.45, 2.75) is 13.8 Å². The number of carbonyl (C=O) groups excluding carboxylic acids is 3. The fourth-order valence-corrected chi connectivity index (χ4v) is 2.16. The van der Waals surface area contributed by atoms with Crippen LogP contribution in [0.2, 0.25) is 0 Å². The monoisotopic (exact) mass is 340 g/mol. The van der Waals surface area contributed by atoms with E-state index in [0.29, 0.717) is 23.4 Å². The molecule has 0 unspecified atom stereocenters. The second-order valence-electron chi connectivity index (χ2n) is 5.40. The lowest BCUT2D eigenvalue weighted by Crippen LogP contribution is -2.32. The van der Waals surface area contributed by atoms with E-state index < -0.39 is 5.97 Å². The molecule has 0 spiro atoms. The Hall–Kier alpha value is -3.15. The number of amides is 2. The van der Waals surface area contributed by atoms with Gasteiger partial charge >= 0.3 is 5.97 Å². The largest absolute Gasteiger partial charge is 0.462 e. The molecule has 0 aliphatic rings. The van der Waals surface area contributed by atoms with Gasteiger partial charge in [-0.05, 0) is 50.2 Å². The summed E-state index contributed by atoms with van der Waals surface area (Å²) in [4.78, 5) is 35.5. The maximum Gasteiger partial charge on any atom is 0.338 e. The number of hydrogen-bond donors (Lipinski definition) is 2. The molecule has 0 saturated carbocycles. The first-order valence-electron chi connectivity index (χ1n) is 7.91. The molecule has 2 N–H and O–H groups in total. The van der Waals surface area contributed by atoms with E-state index >= 15 is 0 Å². The van der Waals surface area contributed by atoms with Gasteiger partial charge in [0, 0.05) is 11.3 Å². The van der Waals surface area contributed by atoms with Crippen molar-refractivity contribution in [1.82, 2.24) is 5.32 Å². The van der Waals surface area contributed by atoms with Gasteiger partial charge in [0.2, 0.25) is 5.91 Å². The molecule has 0 aliphatic heterocycles. The van der Waals surface area contributed by atoms with Gasteiger partial charge in [0.25, 0.3) is 5.91 Å². The predicted octanol–water partition coefficient (Wildman–Crippen LogP) is 2.54. The number of anilines is 1. The molecule has 2 aromatic carbocycles. The lowest BCUT2D eigenvalue weighted by Gasteiger charge is -2.08. The van der Waals surface area contributed by atoms with E-state index in [-0.39, 0.29) is 18.4 Å². The Morgan fingerprint density at radius 2 is 1.72 bits per heavy atom. The molecule has 0 heterocycles. The maximum absolute atomic E-state index is 12.0. The Bertz CT molecular complexity index is 769. The van der Waals surface area contributed by atoms with Crippen LogP contribution >= 0.6 is 0 Å². The molecule has 6 nitrogen and oxygen atoms in total. The Morgan fingerprint density at radius 1 is 1.00 bits per heavy atom. The molecule has 0 fully saturated rings. The third kappa shape index (κ3) is 5.46. The van der Waals surface area contributed by atoms with Gasteiger partial charge < -0.3 is 15.4 Å². The summed E-state index contributed by atoms with van der Waals surface area (Å²) in [6.07, 6.45) is 0. The fraction of sp³-hybridized carbons (Fsp3) is 0.211.